The Labute approximate surface area is 111 Å². The number of ether oxygens (including phenoxy) is 2. The maximum absolute atomic E-state index is 13.5. The fourth-order valence-electron chi connectivity index (χ4n) is 2.28. The highest BCUT2D eigenvalue weighted by molar-refractivity contribution is 5.26. The van der Waals surface area contributed by atoms with Crippen LogP contribution in [0.3, 0.4) is 0 Å². The van der Waals surface area contributed by atoms with Crippen molar-refractivity contribution in [2.75, 3.05) is 13.7 Å². The maximum Gasteiger partial charge on any atom is 0.200 e. The standard InChI is InChI=1S/C14H19F2NO2/c1-3-7-17-10-8-12(14(10)18-2)19-11-6-4-5-9(15)13(11)16/h4-6,10,12,14,17H,3,7-8H2,1-2H3. The Bertz CT molecular complexity index is 428. The molecule has 0 saturated heterocycles. The van der Waals surface area contributed by atoms with Crippen molar-refractivity contribution in [3.05, 3.63) is 29.8 Å². The Morgan fingerprint density at radius 1 is 1.37 bits per heavy atom. The van der Waals surface area contributed by atoms with Crippen LogP contribution in [-0.4, -0.2) is 31.9 Å². The van der Waals surface area contributed by atoms with Crippen molar-refractivity contribution < 1.29 is 18.3 Å². The average Bonchev–Trinajstić information content (AvgIpc) is 2.38. The topological polar surface area (TPSA) is 30.5 Å². The van der Waals surface area contributed by atoms with Crippen molar-refractivity contribution in [2.45, 2.75) is 38.0 Å². The smallest absolute Gasteiger partial charge is 0.200 e. The van der Waals surface area contributed by atoms with E-state index in [1.54, 1.807) is 7.11 Å². The van der Waals surface area contributed by atoms with E-state index in [0.29, 0.717) is 0 Å². The third kappa shape index (κ3) is 3.04. The highest BCUT2D eigenvalue weighted by Crippen LogP contribution is 2.30. The van der Waals surface area contributed by atoms with Gasteiger partial charge in [0.25, 0.3) is 0 Å². The van der Waals surface area contributed by atoms with E-state index >= 15 is 0 Å². The molecule has 5 heteroatoms. The molecule has 1 fully saturated rings. The number of methoxy groups -OCH3 is 1. The largest absolute Gasteiger partial charge is 0.484 e. The van der Waals surface area contributed by atoms with Crippen LogP contribution in [0.15, 0.2) is 18.2 Å². The summed E-state index contributed by atoms with van der Waals surface area (Å²) in [6, 6.07) is 4.15. The quantitative estimate of drug-likeness (QED) is 0.862. The molecule has 0 amide bonds. The lowest BCUT2D eigenvalue weighted by Gasteiger charge is -2.43. The number of nitrogens with one attached hydrogen (secondary N) is 1. The van der Waals surface area contributed by atoms with Gasteiger partial charge in [0.2, 0.25) is 5.82 Å². The van der Waals surface area contributed by atoms with Gasteiger partial charge < -0.3 is 14.8 Å². The molecule has 2 rings (SSSR count). The third-order valence-corrected chi connectivity index (χ3v) is 3.37. The van der Waals surface area contributed by atoms with Gasteiger partial charge in [0.15, 0.2) is 11.6 Å². The molecular formula is C14H19F2NO2. The molecule has 3 atom stereocenters. The molecule has 1 aromatic carbocycles. The van der Waals surface area contributed by atoms with Crippen LogP contribution in [0, 0.1) is 11.6 Å². The third-order valence-electron chi connectivity index (χ3n) is 3.37. The molecule has 0 radical (unpaired) electrons. The number of hydrogen-bond acceptors (Lipinski definition) is 3. The predicted octanol–water partition coefficient (Wildman–Crippen LogP) is 2.50. The average molecular weight is 271 g/mol. The first kappa shape index (κ1) is 14.2. The number of halogens is 2. The maximum atomic E-state index is 13.5. The summed E-state index contributed by atoms with van der Waals surface area (Å²) in [5, 5.41) is 3.34. The lowest BCUT2D eigenvalue weighted by Crippen LogP contribution is -2.61. The molecule has 0 bridgehead atoms. The molecule has 19 heavy (non-hydrogen) atoms. The summed E-state index contributed by atoms with van der Waals surface area (Å²) < 4.78 is 37.4. The Balaban J connectivity index is 1.95. The van der Waals surface area contributed by atoms with E-state index in [1.165, 1.54) is 12.1 Å². The van der Waals surface area contributed by atoms with Crippen LogP contribution in [0.2, 0.25) is 0 Å². The van der Waals surface area contributed by atoms with Gasteiger partial charge in [0.05, 0.1) is 0 Å². The van der Waals surface area contributed by atoms with Crippen molar-refractivity contribution in [1.82, 2.24) is 5.32 Å². The molecular weight excluding hydrogens is 252 g/mol. The molecule has 1 aliphatic carbocycles. The van der Waals surface area contributed by atoms with Gasteiger partial charge in [0, 0.05) is 19.6 Å². The van der Waals surface area contributed by atoms with Crippen molar-refractivity contribution in [1.29, 1.82) is 0 Å². The summed E-state index contributed by atoms with van der Waals surface area (Å²) in [7, 11) is 1.60. The molecule has 1 N–H and O–H groups in total. The Morgan fingerprint density at radius 3 is 2.84 bits per heavy atom. The van der Waals surface area contributed by atoms with E-state index in [4.69, 9.17) is 9.47 Å². The fourth-order valence-corrected chi connectivity index (χ4v) is 2.28. The first-order valence-corrected chi connectivity index (χ1v) is 6.54. The minimum absolute atomic E-state index is 0.0546. The molecule has 3 nitrogen and oxygen atoms in total. The van der Waals surface area contributed by atoms with E-state index in [9.17, 15) is 8.78 Å². The zero-order valence-corrected chi connectivity index (χ0v) is 11.2. The predicted molar refractivity (Wildman–Crippen MR) is 68.3 cm³/mol. The highest BCUT2D eigenvalue weighted by atomic mass is 19.2. The highest BCUT2D eigenvalue weighted by Gasteiger charge is 2.43. The molecule has 0 aromatic heterocycles. The van der Waals surface area contributed by atoms with Gasteiger partial charge in [-0.25, -0.2) is 4.39 Å². The second kappa shape index (κ2) is 6.30. The van der Waals surface area contributed by atoms with E-state index in [2.05, 4.69) is 12.2 Å². The van der Waals surface area contributed by atoms with Crippen LogP contribution in [0.1, 0.15) is 19.8 Å². The molecule has 1 saturated carbocycles. The molecule has 106 valence electrons. The Hall–Kier alpha value is -1.20. The van der Waals surface area contributed by atoms with Crippen LogP contribution < -0.4 is 10.1 Å². The van der Waals surface area contributed by atoms with E-state index in [-0.39, 0.29) is 24.0 Å². The normalized spacial score (nSPS) is 26.0. The SMILES string of the molecule is CCCNC1CC(Oc2cccc(F)c2F)C1OC. The molecule has 3 unspecified atom stereocenters. The van der Waals surface area contributed by atoms with Crippen LogP contribution in [0.4, 0.5) is 8.78 Å². The van der Waals surface area contributed by atoms with Crippen molar-refractivity contribution >= 4 is 0 Å². The lowest BCUT2D eigenvalue weighted by atomic mass is 9.85. The number of rotatable bonds is 6. The van der Waals surface area contributed by atoms with E-state index in [0.717, 1.165) is 25.5 Å². The number of hydrogen-bond donors (Lipinski definition) is 1. The first-order valence-electron chi connectivity index (χ1n) is 6.54. The van der Waals surface area contributed by atoms with Crippen LogP contribution in [0.5, 0.6) is 5.75 Å². The van der Waals surface area contributed by atoms with Gasteiger partial charge in [-0.1, -0.05) is 13.0 Å². The van der Waals surface area contributed by atoms with Crippen molar-refractivity contribution in [3.8, 4) is 5.75 Å². The van der Waals surface area contributed by atoms with Crippen LogP contribution in [-0.2, 0) is 4.74 Å². The van der Waals surface area contributed by atoms with Crippen LogP contribution in [0.25, 0.3) is 0 Å². The first-order chi connectivity index (χ1) is 9.17. The molecule has 0 heterocycles. The van der Waals surface area contributed by atoms with Gasteiger partial charge in [-0.3, -0.25) is 0 Å². The van der Waals surface area contributed by atoms with Crippen molar-refractivity contribution in [3.63, 3.8) is 0 Å². The monoisotopic (exact) mass is 271 g/mol. The fraction of sp³-hybridized carbons (Fsp3) is 0.571. The molecule has 0 spiro atoms. The minimum Gasteiger partial charge on any atom is -0.484 e. The second-order valence-electron chi connectivity index (χ2n) is 4.70. The van der Waals surface area contributed by atoms with Gasteiger partial charge in [-0.2, -0.15) is 4.39 Å². The van der Waals surface area contributed by atoms with Gasteiger partial charge in [-0.05, 0) is 25.1 Å². The molecule has 0 aliphatic heterocycles. The summed E-state index contributed by atoms with van der Waals surface area (Å²) in [4.78, 5) is 0. The van der Waals surface area contributed by atoms with Crippen molar-refractivity contribution in [2.24, 2.45) is 0 Å². The van der Waals surface area contributed by atoms with Gasteiger partial charge in [0.1, 0.15) is 12.2 Å². The zero-order valence-electron chi connectivity index (χ0n) is 11.2. The van der Waals surface area contributed by atoms with E-state index < -0.39 is 11.6 Å². The summed E-state index contributed by atoms with van der Waals surface area (Å²) in [5.74, 6) is -1.89. The summed E-state index contributed by atoms with van der Waals surface area (Å²) in [5.41, 5.74) is 0. The second-order valence-corrected chi connectivity index (χ2v) is 4.70. The van der Waals surface area contributed by atoms with Crippen LogP contribution >= 0.6 is 0 Å². The summed E-state index contributed by atoms with van der Waals surface area (Å²) >= 11 is 0. The zero-order chi connectivity index (χ0) is 13.8. The Kier molecular flexibility index (Phi) is 4.71. The van der Waals surface area contributed by atoms with Gasteiger partial charge >= 0.3 is 0 Å². The lowest BCUT2D eigenvalue weighted by molar-refractivity contribution is -0.0899. The Morgan fingerprint density at radius 2 is 2.16 bits per heavy atom. The molecule has 1 aromatic rings. The summed E-state index contributed by atoms with van der Waals surface area (Å²) in [6.45, 7) is 3.00. The van der Waals surface area contributed by atoms with E-state index in [1.807, 2.05) is 0 Å². The molecule has 1 aliphatic rings. The summed E-state index contributed by atoms with van der Waals surface area (Å²) in [6.07, 6.45) is 1.40. The number of benzene rings is 1. The van der Waals surface area contributed by atoms with Gasteiger partial charge in [-0.15, -0.1) is 0 Å². The minimum atomic E-state index is -0.942.